The summed E-state index contributed by atoms with van der Waals surface area (Å²) in [7, 11) is 0. The Hall–Kier alpha value is -1.13. The summed E-state index contributed by atoms with van der Waals surface area (Å²) >= 11 is 1.64. The van der Waals surface area contributed by atoms with Crippen LogP contribution in [0.4, 0.5) is 0 Å². The minimum atomic E-state index is 0.210. The SMILES string of the molecule is O=c1c2ccccc2sn1C1CC2CCC(C1)N2. The molecule has 94 valence electrons. The zero-order chi connectivity index (χ0) is 12.1. The minimum Gasteiger partial charge on any atom is -0.311 e. The molecule has 4 heteroatoms. The van der Waals surface area contributed by atoms with Crippen molar-refractivity contribution in [2.45, 2.75) is 43.8 Å². The van der Waals surface area contributed by atoms with Gasteiger partial charge < -0.3 is 5.32 Å². The molecule has 2 atom stereocenters. The first-order chi connectivity index (χ1) is 8.81. The first kappa shape index (κ1) is 10.8. The Morgan fingerprint density at radius 1 is 1.17 bits per heavy atom. The third kappa shape index (κ3) is 1.56. The van der Waals surface area contributed by atoms with Gasteiger partial charge in [0, 0.05) is 12.1 Å². The van der Waals surface area contributed by atoms with Gasteiger partial charge in [0.05, 0.1) is 16.1 Å². The van der Waals surface area contributed by atoms with Crippen LogP contribution in [0.15, 0.2) is 29.1 Å². The second kappa shape index (κ2) is 3.93. The molecule has 1 aromatic heterocycles. The predicted molar refractivity (Wildman–Crippen MR) is 74.3 cm³/mol. The molecule has 2 aromatic rings. The van der Waals surface area contributed by atoms with Crippen LogP contribution in [0.1, 0.15) is 31.7 Å². The van der Waals surface area contributed by atoms with Crippen molar-refractivity contribution in [3.63, 3.8) is 0 Å². The van der Waals surface area contributed by atoms with Crippen LogP contribution in [0.5, 0.6) is 0 Å². The fraction of sp³-hybridized carbons (Fsp3) is 0.500. The van der Waals surface area contributed by atoms with Gasteiger partial charge in [0.15, 0.2) is 0 Å². The summed E-state index contributed by atoms with van der Waals surface area (Å²) in [6.07, 6.45) is 4.79. The Kier molecular flexibility index (Phi) is 2.35. The predicted octanol–water partition coefficient (Wildman–Crippen LogP) is 2.52. The number of rotatable bonds is 1. The van der Waals surface area contributed by atoms with Crippen LogP contribution in [-0.2, 0) is 0 Å². The third-order valence-electron chi connectivity index (χ3n) is 4.29. The molecule has 0 aliphatic carbocycles. The quantitative estimate of drug-likeness (QED) is 0.855. The van der Waals surface area contributed by atoms with Gasteiger partial charge >= 0.3 is 0 Å². The van der Waals surface area contributed by atoms with Crippen molar-refractivity contribution in [2.24, 2.45) is 0 Å². The number of fused-ring (bicyclic) bond motifs is 3. The smallest absolute Gasteiger partial charge is 0.268 e. The Balaban J connectivity index is 1.78. The highest BCUT2D eigenvalue weighted by Crippen LogP contribution is 2.35. The van der Waals surface area contributed by atoms with Crippen molar-refractivity contribution in [2.75, 3.05) is 0 Å². The van der Waals surface area contributed by atoms with Gasteiger partial charge in [0.2, 0.25) is 0 Å². The molecule has 2 fully saturated rings. The Morgan fingerprint density at radius 2 is 1.89 bits per heavy atom. The summed E-state index contributed by atoms with van der Waals surface area (Å²) in [5.74, 6) is 0. The van der Waals surface area contributed by atoms with Crippen molar-refractivity contribution in [3.05, 3.63) is 34.6 Å². The van der Waals surface area contributed by atoms with Gasteiger partial charge in [-0.3, -0.25) is 8.75 Å². The lowest BCUT2D eigenvalue weighted by atomic mass is 10.0. The highest BCUT2D eigenvalue weighted by atomic mass is 32.1. The van der Waals surface area contributed by atoms with Crippen LogP contribution in [0.3, 0.4) is 0 Å². The number of benzene rings is 1. The number of nitrogens with zero attached hydrogens (tertiary/aromatic N) is 1. The van der Waals surface area contributed by atoms with Gasteiger partial charge in [0.25, 0.3) is 5.56 Å². The molecule has 0 saturated carbocycles. The largest absolute Gasteiger partial charge is 0.311 e. The molecule has 2 saturated heterocycles. The number of hydrogen-bond acceptors (Lipinski definition) is 3. The highest BCUT2D eigenvalue weighted by molar-refractivity contribution is 7.13. The fourth-order valence-corrected chi connectivity index (χ4v) is 4.56. The monoisotopic (exact) mass is 260 g/mol. The van der Waals surface area contributed by atoms with E-state index < -0.39 is 0 Å². The van der Waals surface area contributed by atoms with E-state index in [0.717, 1.165) is 22.9 Å². The van der Waals surface area contributed by atoms with E-state index in [1.165, 1.54) is 12.8 Å². The second-order valence-electron chi connectivity index (χ2n) is 5.48. The average Bonchev–Trinajstić information content (AvgIpc) is 2.91. The van der Waals surface area contributed by atoms with E-state index in [9.17, 15) is 4.79 Å². The summed E-state index contributed by atoms with van der Waals surface area (Å²) in [5.41, 5.74) is 0.210. The van der Waals surface area contributed by atoms with Crippen LogP contribution in [0.25, 0.3) is 10.1 Å². The standard InChI is InChI=1S/C14H16N2OS/c17-14-12-3-1-2-4-13(12)18-16(14)11-7-9-5-6-10(8-11)15-9/h1-4,9-11,15H,5-8H2. The van der Waals surface area contributed by atoms with E-state index in [1.807, 2.05) is 28.2 Å². The van der Waals surface area contributed by atoms with E-state index in [1.54, 1.807) is 11.5 Å². The van der Waals surface area contributed by atoms with E-state index in [-0.39, 0.29) is 5.56 Å². The number of hydrogen-bond donors (Lipinski definition) is 1. The lowest BCUT2D eigenvalue weighted by Crippen LogP contribution is -2.40. The van der Waals surface area contributed by atoms with Gasteiger partial charge in [-0.2, -0.15) is 0 Å². The summed E-state index contributed by atoms with van der Waals surface area (Å²) in [4.78, 5) is 12.4. The number of nitrogens with one attached hydrogen (secondary N) is 1. The molecule has 0 amide bonds. The van der Waals surface area contributed by atoms with Gasteiger partial charge in [-0.25, -0.2) is 0 Å². The Bertz CT molecular complexity index is 633. The van der Waals surface area contributed by atoms with Gasteiger partial charge in [0.1, 0.15) is 0 Å². The zero-order valence-electron chi connectivity index (χ0n) is 10.1. The maximum Gasteiger partial charge on any atom is 0.268 e. The molecule has 1 N–H and O–H groups in total. The molecule has 0 radical (unpaired) electrons. The topological polar surface area (TPSA) is 34.0 Å². The van der Waals surface area contributed by atoms with Crippen LogP contribution < -0.4 is 10.9 Å². The van der Waals surface area contributed by atoms with Crippen molar-refractivity contribution in [3.8, 4) is 0 Å². The summed E-state index contributed by atoms with van der Waals surface area (Å²) in [5, 5.41) is 4.52. The third-order valence-corrected chi connectivity index (χ3v) is 5.51. The van der Waals surface area contributed by atoms with Gasteiger partial charge in [-0.1, -0.05) is 23.7 Å². The zero-order valence-corrected chi connectivity index (χ0v) is 11.0. The van der Waals surface area contributed by atoms with Gasteiger partial charge in [-0.15, -0.1) is 0 Å². The van der Waals surface area contributed by atoms with Crippen molar-refractivity contribution >= 4 is 21.6 Å². The summed E-state index contributed by atoms with van der Waals surface area (Å²) < 4.78 is 3.14. The van der Waals surface area contributed by atoms with E-state index in [4.69, 9.17) is 0 Å². The van der Waals surface area contributed by atoms with Gasteiger partial charge in [-0.05, 0) is 37.8 Å². The summed E-state index contributed by atoms with van der Waals surface area (Å²) in [6.45, 7) is 0. The molecule has 4 rings (SSSR count). The van der Waals surface area contributed by atoms with Crippen LogP contribution in [-0.4, -0.2) is 16.0 Å². The molecule has 2 bridgehead atoms. The van der Waals surface area contributed by atoms with Crippen molar-refractivity contribution in [1.29, 1.82) is 0 Å². The number of aromatic nitrogens is 1. The molecule has 2 unspecified atom stereocenters. The van der Waals surface area contributed by atoms with E-state index >= 15 is 0 Å². The van der Waals surface area contributed by atoms with Crippen LogP contribution in [0.2, 0.25) is 0 Å². The fourth-order valence-electron chi connectivity index (χ4n) is 3.45. The first-order valence-electron chi connectivity index (χ1n) is 6.68. The lowest BCUT2D eigenvalue weighted by Gasteiger charge is -2.28. The molecule has 18 heavy (non-hydrogen) atoms. The molecule has 1 aromatic carbocycles. The Labute approximate surface area is 110 Å². The maximum atomic E-state index is 12.4. The summed E-state index contributed by atoms with van der Waals surface area (Å²) in [6, 6.07) is 9.63. The van der Waals surface area contributed by atoms with E-state index in [2.05, 4.69) is 5.32 Å². The maximum absolute atomic E-state index is 12.4. The molecule has 0 spiro atoms. The van der Waals surface area contributed by atoms with E-state index in [0.29, 0.717) is 18.1 Å². The van der Waals surface area contributed by atoms with Crippen LogP contribution >= 0.6 is 11.5 Å². The first-order valence-corrected chi connectivity index (χ1v) is 7.45. The highest BCUT2D eigenvalue weighted by Gasteiger charge is 2.35. The molecule has 2 aliphatic heterocycles. The normalized spacial score (nSPS) is 31.0. The lowest BCUT2D eigenvalue weighted by molar-refractivity contribution is 0.308. The number of piperidine rings is 1. The molecule has 3 nitrogen and oxygen atoms in total. The minimum absolute atomic E-state index is 0.210. The Morgan fingerprint density at radius 3 is 2.61 bits per heavy atom. The van der Waals surface area contributed by atoms with Crippen molar-refractivity contribution in [1.82, 2.24) is 9.27 Å². The van der Waals surface area contributed by atoms with Crippen molar-refractivity contribution < 1.29 is 0 Å². The molecular formula is C14H16N2OS. The molecule has 3 heterocycles. The molecule has 2 aliphatic rings. The molecular weight excluding hydrogens is 244 g/mol. The van der Waals surface area contributed by atoms with Crippen LogP contribution in [0, 0.1) is 0 Å². The second-order valence-corrected chi connectivity index (χ2v) is 6.50. The average molecular weight is 260 g/mol.